The quantitative estimate of drug-likeness (QED) is 0.742. The minimum absolute atomic E-state index is 0.137. The van der Waals surface area contributed by atoms with Crippen LogP contribution in [0.3, 0.4) is 0 Å². The van der Waals surface area contributed by atoms with Gasteiger partial charge in [0.15, 0.2) is 0 Å². The van der Waals surface area contributed by atoms with Crippen molar-refractivity contribution in [2.75, 3.05) is 0 Å². The molecule has 0 radical (unpaired) electrons. The predicted octanol–water partition coefficient (Wildman–Crippen LogP) is 0.982. The number of aromatic nitrogens is 5. The van der Waals surface area contributed by atoms with Crippen molar-refractivity contribution in [1.29, 1.82) is 0 Å². The second kappa shape index (κ2) is 5.02. The van der Waals surface area contributed by atoms with Crippen LogP contribution in [0.2, 0.25) is 0 Å². The highest BCUT2D eigenvalue weighted by atomic mass is 32.1. The van der Waals surface area contributed by atoms with E-state index in [0.717, 1.165) is 5.56 Å². The SMILES string of the molecule is O=C(NCc1cc[nH]c1)c1sccc1-n1cnnn1. The highest BCUT2D eigenvalue weighted by Gasteiger charge is 2.15. The zero-order valence-electron chi connectivity index (χ0n) is 9.78. The fourth-order valence-electron chi connectivity index (χ4n) is 1.66. The lowest BCUT2D eigenvalue weighted by Crippen LogP contribution is -2.22. The Morgan fingerprint density at radius 1 is 1.47 bits per heavy atom. The molecule has 7 nitrogen and oxygen atoms in total. The van der Waals surface area contributed by atoms with E-state index in [-0.39, 0.29) is 5.91 Å². The van der Waals surface area contributed by atoms with Gasteiger partial charge >= 0.3 is 0 Å². The van der Waals surface area contributed by atoms with Crippen LogP contribution in [0.1, 0.15) is 15.2 Å². The Kier molecular flexibility index (Phi) is 3.07. The molecular formula is C11H10N6OS. The highest BCUT2D eigenvalue weighted by molar-refractivity contribution is 7.12. The lowest BCUT2D eigenvalue weighted by atomic mass is 10.3. The molecule has 8 heteroatoms. The zero-order chi connectivity index (χ0) is 13.1. The Morgan fingerprint density at radius 2 is 2.42 bits per heavy atom. The Morgan fingerprint density at radius 3 is 3.16 bits per heavy atom. The molecule has 0 bridgehead atoms. The summed E-state index contributed by atoms with van der Waals surface area (Å²) in [5.74, 6) is -0.137. The van der Waals surface area contributed by atoms with Crippen LogP contribution in [0, 0.1) is 0 Å². The number of thiophene rings is 1. The second-order valence-electron chi connectivity index (χ2n) is 3.79. The molecule has 0 saturated heterocycles. The molecule has 3 aromatic rings. The van der Waals surface area contributed by atoms with Gasteiger partial charge in [-0.05, 0) is 33.5 Å². The lowest BCUT2D eigenvalue weighted by Gasteiger charge is -2.04. The van der Waals surface area contributed by atoms with Gasteiger partial charge in [0.2, 0.25) is 0 Å². The van der Waals surface area contributed by atoms with Crippen molar-refractivity contribution < 1.29 is 4.79 Å². The van der Waals surface area contributed by atoms with Crippen molar-refractivity contribution >= 4 is 17.2 Å². The van der Waals surface area contributed by atoms with E-state index in [0.29, 0.717) is 17.1 Å². The molecule has 0 spiro atoms. The number of carbonyl (C=O) groups is 1. The maximum atomic E-state index is 12.1. The number of hydrogen-bond acceptors (Lipinski definition) is 5. The number of tetrazole rings is 1. The number of rotatable bonds is 4. The van der Waals surface area contributed by atoms with Crippen LogP contribution in [0.4, 0.5) is 0 Å². The minimum Gasteiger partial charge on any atom is -0.367 e. The zero-order valence-corrected chi connectivity index (χ0v) is 10.6. The third-order valence-corrected chi connectivity index (χ3v) is 3.46. The minimum atomic E-state index is -0.137. The van der Waals surface area contributed by atoms with Gasteiger partial charge in [0.25, 0.3) is 5.91 Å². The molecule has 1 amide bonds. The monoisotopic (exact) mass is 274 g/mol. The topological polar surface area (TPSA) is 88.5 Å². The fourth-order valence-corrected chi connectivity index (χ4v) is 2.45. The maximum Gasteiger partial charge on any atom is 0.263 e. The van der Waals surface area contributed by atoms with Crippen molar-refractivity contribution in [3.05, 3.63) is 46.7 Å². The van der Waals surface area contributed by atoms with Crippen LogP contribution in [0.25, 0.3) is 5.69 Å². The van der Waals surface area contributed by atoms with Gasteiger partial charge in [0.1, 0.15) is 11.2 Å². The van der Waals surface area contributed by atoms with Crippen LogP contribution in [0.5, 0.6) is 0 Å². The predicted molar refractivity (Wildman–Crippen MR) is 69.0 cm³/mol. The van der Waals surface area contributed by atoms with Crippen molar-refractivity contribution in [3.63, 3.8) is 0 Å². The maximum absolute atomic E-state index is 12.1. The van der Waals surface area contributed by atoms with Gasteiger partial charge in [-0.3, -0.25) is 4.79 Å². The van der Waals surface area contributed by atoms with Crippen molar-refractivity contribution in [2.24, 2.45) is 0 Å². The molecule has 19 heavy (non-hydrogen) atoms. The van der Waals surface area contributed by atoms with Gasteiger partial charge in [0, 0.05) is 18.9 Å². The largest absolute Gasteiger partial charge is 0.367 e. The van der Waals surface area contributed by atoms with Gasteiger partial charge in [-0.2, -0.15) is 4.68 Å². The molecule has 0 saturated carbocycles. The third kappa shape index (κ3) is 2.38. The summed E-state index contributed by atoms with van der Waals surface area (Å²) in [5, 5.41) is 15.6. The smallest absolute Gasteiger partial charge is 0.263 e. The first kappa shape index (κ1) is 11.6. The van der Waals surface area contributed by atoms with Gasteiger partial charge < -0.3 is 10.3 Å². The summed E-state index contributed by atoms with van der Waals surface area (Å²) in [5.41, 5.74) is 1.70. The third-order valence-electron chi connectivity index (χ3n) is 2.56. The molecular weight excluding hydrogens is 264 g/mol. The van der Waals surface area contributed by atoms with Gasteiger partial charge in [-0.1, -0.05) is 0 Å². The molecule has 96 valence electrons. The number of aromatic amines is 1. The Bertz CT molecular complexity index is 657. The Hall–Kier alpha value is -2.48. The highest BCUT2D eigenvalue weighted by Crippen LogP contribution is 2.19. The van der Waals surface area contributed by atoms with Crippen molar-refractivity contribution in [1.82, 2.24) is 30.5 Å². The molecule has 0 aliphatic rings. The average Bonchev–Trinajstić information content (AvgIpc) is 3.14. The number of H-pyrrole nitrogens is 1. The van der Waals surface area contributed by atoms with E-state index in [1.165, 1.54) is 22.3 Å². The van der Waals surface area contributed by atoms with Crippen LogP contribution >= 0.6 is 11.3 Å². The molecule has 0 aromatic carbocycles. The average molecular weight is 274 g/mol. The van der Waals surface area contributed by atoms with Crippen LogP contribution < -0.4 is 5.32 Å². The van der Waals surface area contributed by atoms with Crippen LogP contribution in [-0.2, 0) is 6.54 Å². The second-order valence-corrected chi connectivity index (χ2v) is 4.71. The first-order valence-corrected chi connectivity index (χ1v) is 6.43. The summed E-state index contributed by atoms with van der Waals surface area (Å²) in [6.45, 7) is 0.481. The standard InChI is InChI=1S/C11H10N6OS/c18-11(13-6-8-1-3-12-5-8)10-9(2-4-19-10)17-7-14-15-16-17/h1-5,7,12H,6H2,(H,13,18). The van der Waals surface area contributed by atoms with E-state index in [1.54, 1.807) is 0 Å². The van der Waals surface area contributed by atoms with Gasteiger partial charge in [0.05, 0.1) is 5.69 Å². The summed E-state index contributed by atoms with van der Waals surface area (Å²) in [7, 11) is 0. The summed E-state index contributed by atoms with van der Waals surface area (Å²) in [6, 6.07) is 3.73. The van der Waals surface area contributed by atoms with E-state index in [1.807, 2.05) is 29.9 Å². The van der Waals surface area contributed by atoms with E-state index in [2.05, 4.69) is 25.8 Å². The van der Waals surface area contributed by atoms with E-state index in [4.69, 9.17) is 0 Å². The normalized spacial score (nSPS) is 10.5. The van der Waals surface area contributed by atoms with Crippen molar-refractivity contribution in [2.45, 2.75) is 6.54 Å². The molecule has 3 rings (SSSR count). The molecule has 0 unspecified atom stereocenters. The molecule has 3 aromatic heterocycles. The molecule has 2 N–H and O–H groups in total. The molecule has 0 fully saturated rings. The number of hydrogen-bond donors (Lipinski definition) is 2. The molecule has 0 atom stereocenters. The molecule has 0 aliphatic heterocycles. The van der Waals surface area contributed by atoms with Gasteiger partial charge in [-0.15, -0.1) is 16.4 Å². The summed E-state index contributed by atoms with van der Waals surface area (Å²) < 4.78 is 1.47. The van der Waals surface area contributed by atoms with E-state index < -0.39 is 0 Å². The first-order chi connectivity index (χ1) is 9.34. The van der Waals surface area contributed by atoms with Gasteiger partial charge in [-0.25, -0.2) is 0 Å². The first-order valence-electron chi connectivity index (χ1n) is 5.55. The number of carbonyl (C=O) groups excluding carboxylic acids is 1. The Labute approximate surface area is 112 Å². The van der Waals surface area contributed by atoms with Crippen molar-refractivity contribution in [3.8, 4) is 5.69 Å². The number of nitrogens with zero attached hydrogens (tertiary/aromatic N) is 4. The number of nitrogens with one attached hydrogen (secondary N) is 2. The van der Waals surface area contributed by atoms with E-state index in [9.17, 15) is 4.79 Å². The Balaban J connectivity index is 1.75. The van der Waals surface area contributed by atoms with E-state index >= 15 is 0 Å². The molecule has 0 aliphatic carbocycles. The fraction of sp³-hybridized carbons (Fsp3) is 0.0909. The molecule has 3 heterocycles. The number of amides is 1. The summed E-state index contributed by atoms with van der Waals surface area (Å²) in [6.07, 6.45) is 5.13. The lowest BCUT2D eigenvalue weighted by molar-refractivity contribution is 0.0955. The summed E-state index contributed by atoms with van der Waals surface area (Å²) >= 11 is 1.36. The van der Waals surface area contributed by atoms with Crippen LogP contribution in [0.15, 0.2) is 36.2 Å². The van der Waals surface area contributed by atoms with Crippen LogP contribution in [-0.4, -0.2) is 31.1 Å². The summed E-state index contributed by atoms with van der Waals surface area (Å²) in [4.78, 5) is 15.7.